The molecule has 3 N–H and O–H groups in total. The monoisotopic (exact) mass is 258 g/mol. The Morgan fingerprint density at radius 1 is 1.21 bits per heavy atom. The van der Waals surface area contributed by atoms with E-state index in [0.29, 0.717) is 6.42 Å². The molecule has 1 aromatic carbocycles. The van der Waals surface area contributed by atoms with Crippen molar-refractivity contribution < 1.29 is 10.0 Å². The van der Waals surface area contributed by atoms with Crippen LogP contribution < -0.4 is 16.3 Å². The van der Waals surface area contributed by atoms with Crippen molar-refractivity contribution in [2.24, 2.45) is 0 Å². The van der Waals surface area contributed by atoms with E-state index < -0.39 is 0 Å². The Balaban J connectivity index is 2.14. The summed E-state index contributed by atoms with van der Waals surface area (Å²) in [6.45, 7) is 4.77. The van der Waals surface area contributed by atoms with Crippen molar-refractivity contribution in [3.05, 3.63) is 36.4 Å². The number of nitrogens with one attached hydrogen (secondary N) is 2. The fraction of sp³-hybridized carbons (Fsp3) is 0.357. The van der Waals surface area contributed by atoms with Crippen LogP contribution in [0.2, 0.25) is 0 Å². The molecule has 0 fully saturated rings. The number of carbonyl (C=O) groups is 1. The number of amides is 1. The van der Waals surface area contributed by atoms with Gasteiger partial charge in [-0.05, 0) is 18.4 Å². The molecule has 1 rings (SSSR count). The van der Waals surface area contributed by atoms with Crippen LogP contribution in [0, 0.1) is 0 Å². The fourth-order valence-electron chi connectivity index (χ4n) is 1.67. The number of carbonyl (C=O) groups excluding carboxylic acids is 1. The van der Waals surface area contributed by atoms with Crippen LogP contribution >= 0.6 is 0 Å². The van der Waals surface area contributed by atoms with Gasteiger partial charge in [0.2, 0.25) is 5.91 Å². The largest absolute Gasteiger partial charge is 0.385 e. The van der Waals surface area contributed by atoms with Gasteiger partial charge in [0.05, 0.1) is 0 Å². The molecule has 5 heteroatoms. The van der Waals surface area contributed by atoms with Gasteiger partial charge in [-0.3, -0.25) is 10.0 Å². The molecule has 0 saturated carbocycles. The SMILES string of the molecule is [B]c1ccc(C(=C)NCCCCCC(=O)NO)cc1. The Morgan fingerprint density at radius 3 is 2.53 bits per heavy atom. The molecule has 0 bridgehead atoms. The Hall–Kier alpha value is -1.75. The number of rotatable bonds is 8. The Bertz CT molecular complexity index is 418. The second kappa shape index (κ2) is 8.37. The predicted octanol–water partition coefficient (Wildman–Crippen LogP) is 1.11. The molecule has 0 unspecified atom stereocenters. The first-order valence-corrected chi connectivity index (χ1v) is 6.35. The van der Waals surface area contributed by atoms with E-state index in [-0.39, 0.29) is 5.91 Å². The highest BCUT2D eigenvalue weighted by Crippen LogP contribution is 2.07. The number of hydrogen-bond acceptors (Lipinski definition) is 3. The van der Waals surface area contributed by atoms with E-state index >= 15 is 0 Å². The second-order valence-corrected chi connectivity index (χ2v) is 4.37. The summed E-state index contributed by atoms with van der Waals surface area (Å²) in [7, 11) is 5.62. The summed E-state index contributed by atoms with van der Waals surface area (Å²) in [6, 6.07) is 7.54. The zero-order chi connectivity index (χ0) is 14.1. The van der Waals surface area contributed by atoms with Crippen LogP contribution in [0.1, 0.15) is 31.2 Å². The van der Waals surface area contributed by atoms with Crippen LogP contribution in [0.25, 0.3) is 5.70 Å². The molecule has 0 atom stereocenters. The van der Waals surface area contributed by atoms with E-state index in [1.807, 2.05) is 24.3 Å². The molecule has 1 amide bonds. The summed E-state index contributed by atoms with van der Waals surface area (Å²) in [5.41, 5.74) is 4.25. The maximum Gasteiger partial charge on any atom is 0.243 e. The van der Waals surface area contributed by atoms with Gasteiger partial charge in [-0.1, -0.05) is 42.7 Å². The maximum absolute atomic E-state index is 10.8. The van der Waals surface area contributed by atoms with Crippen LogP contribution in [0.5, 0.6) is 0 Å². The first-order valence-electron chi connectivity index (χ1n) is 6.35. The van der Waals surface area contributed by atoms with Crippen LogP contribution in [-0.2, 0) is 4.79 Å². The molecule has 19 heavy (non-hydrogen) atoms. The second-order valence-electron chi connectivity index (χ2n) is 4.37. The molecule has 1 aromatic rings. The Labute approximate surface area is 115 Å². The highest BCUT2D eigenvalue weighted by atomic mass is 16.5. The molecule has 0 heterocycles. The van der Waals surface area contributed by atoms with E-state index in [1.54, 1.807) is 5.48 Å². The first-order chi connectivity index (χ1) is 9.13. The van der Waals surface area contributed by atoms with E-state index in [1.165, 1.54) is 0 Å². The van der Waals surface area contributed by atoms with Crippen LogP contribution in [0.3, 0.4) is 0 Å². The molecule has 0 aromatic heterocycles. The third-order valence-electron chi connectivity index (χ3n) is 2.80. The van der Waals surface area contributed by atoms with Crippen LogP contribution in [-0.4, -0.2) is 25.5 Å². The number of hydroxylamine groups is 1. The van der Waals surface area contributed by atoms with E-state index in [2.05, 4.69) is 11.9 Å². The van der Waals surface area contributed by atoms with Crippen molar-refractivity contribution in [3.8, 4) is 0 Å². The summed E-state index contributed by atoms with van der Waals surface area (Å²) >= 11 is 0. The summed E-state index contributed by atoms with van der Waals surface area (Å²) in [5.74, 6) is -0.334. The van der Waals surface area contributed by atoms with Gasteiger partial charge in [-0.2, -0.15) is 0 Å². The lowest BCUT2D eigenvalue weighted by atomic mass is 9.95. The molecule has 100 valence electrons. The minimum atomic E-state index is -0.334. The summed E-state index contributed by atoms with van der Waals surface area (Å²) in [6.07, 6.45) is 3.00. The fourth-order valence-corrected chi connectivity index (χ4v) is 1.67. The zero-order valence-electron chi connectivity index (χ0n) is 11.0. The maximum atomic E-state index is 10.8. The average Bonchev–Trinajstić information content (AvgIpc) is 2.42. The molecule has 0 aliphatic heterocycles. The summed E-state index contributed by atoms with van der Waals surface area (Å²) in [4.78, 5) is 10.8. The van der Waals surface area contributed by atoms with Crippen LogP contribution in [0.15, 0.2) is 30.8 Å². The van der Waals surface area contributed by atoms with E-state index in [9.17, 15) is 4.79 Å². The van der Waals surface area contributed by atoms with Crippen molar-refractivity contribution >= 4 is 24.9 Å². The Morgan fingerprint density at radius 2 is 1.89 bits per heavy atom. The number of hydrogen-bond donors (Lipinski definition) is 3. The quantitative estimate of drug-likeness (QED) is 0.283. The minimum absolute atomic E-state index is 0.334. The molecule has 2 radical (unpaired) electrons. The van der Waals surface area contributed by atoms with Gasteiger partial charge in [0, 0.05) is 18.7 Å². The number of benzene rings is 1. The lowest BCUT2D eigenvalue weighted by Crippen LogP contribution is -2.18. The molecule has 0 aliphatic rings. The van der Waals surface area contributed by atoms with Gasteiger partial charge in [0.15, 0.2) is 0 Å². The zero-order valence-corrected chi connectivity index (χ0v) is 11.0. The molecular weight excluding hydrogens is 239 g/mol. The van der Waals surface area contributed by atoms with Crippen molar-refractivity contribution in [3.63, 3.8) is 0 Å². The van der Waals surface area contributed by atoms with Gasteiger partial charge in [0.25, 0.3) is 0 Å². The first kappa shape index (κ1) is 15.3. The lowest BCUT2D eigenvalue weighted by Gasteiger charge is -2.10. The summed E-state index contributed by atoms with van der Waals surface area (Å²) < 4.78 is 0. The van der Waals surface area contributed by atoms with Crippen molar-refractivity contribution in [1.82, 2.24) is 10.8 Å². The molecule has 0 aliphatic carbocycles. The lowest BCUT2D eigenvalue weighted by molar-refractivity contribution is -0.129. The third kappa shape index (κ3) is 6.11. The average molecular weight is 258 g/mol. The topological polar surface area (TPSA) is 61.4 Å². The van der Waals surface area contributed by atoms with Crippen molar-refractivity contribution in [2.75, 3.05) is 6.54 Å². The summed E-state index contributed by atoms with van der Waals surface area (Å²) in [5, 5.41) is 11.6. The minimum Gasteiger partial charge on any atom is -0.385 e. The van der Waals surface area contributed by atoms with E-state index in [4.69, 9.17) is 13.1 Å². The van der Waals surface area contributed by atoms with Gasteiger partial charge < -0.3 is 5.32 Å². The van der Waals surface area contributed by atoms with Crippen molar-refractivity contribution in [1.29, 1.82) is 0 Å². The van der Waals surface area contributed by atoms with Crippen molar-refractivity contribution in [2.45, 2.75) is 25.7 Å². The molecule has 4 nitrogen and oxygen atoms in total. The normalized spacial score (nSPS) is 9.95. The standard InChI is InChI=1S/C14H19BN2O2/c1-11(12-6-8-13(15)9-7-12)16-10-4-2-3-5-14(18)17-19/h6-9,16,19H,1-5,10H2,(H,17,18). The molecule has 0 spiro atoms. The smallest absolute Gasteiger partial charge is 0.243 e. The highest BCUT2D eigenvalue weighted by molar-refractivity contribution is 6.32. The molecular formula is C14H19BN2O2. The van der Waals surface area contributed by atoms with Gasteiger partial charge >= 0.3 is 0 Å². The van der Waals surface area contributed by atoms with E-state index in [0.717, 1.165) is 42.5 Å². The molecule has 0 saturated heterocycles. The van der Waals surface area contributed by atoms with Crippen LogP contribution in [0.4, 0.5) is 0 Å². The Kier molecular flexibility index (Phi) is 6.75. The third-order valence-corrected chi connectivity index (χ3v) is 2.80. The number of unbranched alkanes of at least 4 members (excludes halogenated alkanes) is 2. The van der Waals surface area contributed by atoms with Gasteiger partial charge in [-0.25, -0.2) is 5.48 Å². The van der Waals surface area contributed by atoms with Gasteiger partial charge in [0.1, 0.15) is 7.85 Å². The van der Waals surface area contributed by atoms with Gasteiger partial charge in [-0.15, -0.1) is 0 Å². The highest BCUT2D eigenvalue weighted by Gasteiger charge is 1.99. The predicted molar refractivity (Wildman–Crippen MR) is 77.3 cm³/mol.